The number of carbonyl (C=O) groups is 3. The van der Waals surface area contributed by atoms with Crippen molar-refractivity contribution in [3.05, 3.63) is 65.7 Å². The molecule has 0 bridgehead atoms. The monoisotopic (exact) mass is 370 g/mol. The van der Waals surface area contributed by atoms with Crippen molar-refractivity contribution in [3.8, 4) is 5.75 Å². The van der Waals surface area contributed by atoms with Crippen LogP contribution in [0.5, 0.6) is 5.75 Å². The molecule has 1 atom stereocenters. The average molecular weight is 370 g/mol. The molecule has 1 unspecified atom stereocenters. The van der Waals surface area contributed by atoms with E-state index < -0.39 is 23.8 Å². The molecule has 7 heteroatoms. The molecule has 0 heterocycles. The molecule has 0 spiro atoms. The van der Waals surface area contributed by atoms with E-state index in [1.165, 1.54) is 18.9 Å². The summed E-state index contributed by atoms with van der Waals surface area (Å²) in [7, 11) is 1.50. The zero-order valence-corrected chi connectivity index (χ0v) is 15.2. The highest BCUT2D eigenvalue weighted by atomic mass is 16.5. The number of aliphatic carboxylic acids is 1. The lowest BCUT2D eigenvalue weighted by atomic mass is 10.1. The number of ether oxygens (including phenoxy) is 1. The molecule has 2 N–H and O–H groups in total. The maximum Gasteiger partial charge on any atom is 0.326 e. The Morgan fingerprint density at radius 3 is 2.44 bits per heavy atom. The molecule has 2 rings (SSSR count). The Hall–Kier alpha value is -3.35. The summed E-state index contributed by atoms with van der Waals surface area (Å²) in [6.45, 7) is 1.27. The zero-order chi connectivity index (χ0) is 19.8. The highest BCUT2D eigenvalue weighted by molar-refractivity contribution is 5.97. The zero-order valence-electron chi connectivity index (χ0n) is 15.2. The molecule has 0 aliphatic carbocycles. The lowest BCUT2D eigenvalue weighted by Gasteiger charge is -2.27. The highest BCUT2D eigenvalue weighted by Gasteiger charge is 2.26. The van der Waals surface area contributed by atoms with Crippen LogP contribution in [0.2, 0.25) is 0 Å². The Morgan fingerprint density at radius 1 is 1.11 bits per heavy atom. The van der Waals surface area contributed by atoms with Gasteiger partial charge in [0.05, 0.1) is 13.7 Å². The van der Waals surface area contributed by atoms with Gasteiger partial charge in [0.2, 0.25) is 5.91 Å². The van der Waals surface area contributed by atoms with Crippen LogP contribution in [-0.2, 0) is 16.1 Å². The van der Waals surface area contributed by atoms with E-state index in [9.17, 15) is 19.5 Å². The molecule has 0 aliphatic rings. The van der Waals surface area contributed by atoms with Gasteiger partial charge < -0.3 is 20.1 Å². The van der Waals surface area contributed by atoms with Crippen molar-refractivity contribution in [2.45, 2.75) is 19.5 Å². The van der Waals surface area contributed by atoms with E-state index in [4.69, 9.17) is 4.74 Å². The number of benzene rings is 2. The Kier molecular flexibility index (Phi) is 6.93. The first-order valence-corrected chi connectivity index (χ1v) is 8.41. The van der Waals surface area contributed by atoms with Crippen molar-refractivity contribution < 1.29 is 24.2 Å². The first-order chi connectivity index (χ1) is 12.9. The summed E-state index contributed by atoms with van der Waals surface area (Å²) in [5.74, 6) is -1.51. The topological polar surface area (TPSA) is 95.9 Å². The molecule has 0 saturated carbocycles. The highest BCUT2D eigenvalue weighted by Crippen LogP contribution is 2.13. The SMILES string of the molecule is COc1cccc(C(=O)NCC(=O)N(Cc2ccccc2)C(C)C(=O)O)c1. The van der Waals surface area contributed by atoms with E-state index >= 15 is 0 Å². The molecule has 2 amide bonds. The summed E-state index contributed by atoms with van der Waals surface area (Å²) in [6, 6.07) is 14.6. The van der Waals surface area contributed by atoms with Crippen LogP contribution in [0, 0.1) is 0 Å². The van der Waals surface area contributed by atoms with Crippen molar-refractivity contribution >= 4 is 17.8 Å². The fourth-order valence-corrected chi connectivity index (χ4v) is 2.48. The van der Waals surface area contributed by atoms with E-state index in [0.717, 1.165) is 5.56 Å². The Balaban J connectivity index is 2.06. The van der Waals surface area contributed by atoms with Crippen molar-refractivity contribution in [3.63, 3.8) is 0 Å². The molecule has 0 radical (unpaired) electrons. The second-order valence-corrected chi connectivity index (χ2v) is 5.94. The van der Waals surface area contributed by atoms with Crippen LogP contribution in [0.15, 0.2) is 54.6 Å². The molecule has 142 valence electrons. The van der Waals surface area contributed by atoms with Gasteiger partial charge in [-0.25, -0.2) is 4.79 Å². The van der Waals surface area contributed by atoms with Gasteiger partial charge >= 0.3 is 5.97 Å². The summed E-state index contributed by atoms with van der Waals surface area (Å²) in [4.78, 5) is 37.4. The molecule has 0 saturated heterocycles. The van der Waals surface area contributed by atoms with Gasteiger partial charge in [-0.15, -0.1) is 0 Å². The first-order valence-electron chi connectivity index (χ1n) is 8.41. The smallest absolute Gasteiger partial charge is 0.326 e. The van der Waals surface area contributed by atoms with E-state index in [0.29, 0.717) is 11.3 Å². The van der Waals surface area contributed by atoms with Crippen LogP contribution in [0.1, 0.15) is 22.8 Å². The standard InChI is InChI=1S/C20H22N2O5/c1-14(20(25)26)22(13-15-7-4-3-5-8-15)18(23)12-21-19(24)16-9-6-10-17(11-16)27-2/h3-11,14H,12-13H2,1-2H3,(H,21,24)(H,25,26). The number of hydrogen-bond acceptors (Lipinski definition) is 4. The van der Waals surface area contributed by atoms with E-state index in [-0.39, 0.29) is 13.1 Å². The van der Waals surface area contributed by atoms with Gasteiger partial charge in [-0.2, -0.15) is 0 Å². The van der Waals surface area contributed by atoms with Crippen LogP contribution < -0.4 is 10.1 Å². The van der Waals surface area contributed by atoms with Crippen molar-refractivity contribution in [2.75, 3.05) is 13.7 Å². The maximum atomic E-state index is 12.6. The van der Waals surface area contributed by atoms with E-state index in [2.05, 4.69) is 5.32 Å². The molecule has 0 fully saturated rings. The molecule has 27 heavy (non-hydrogen) atoms. The van der Waals surface area contributed by atoms with Crippen molar-refractivity contribution in [2.24, 2.45) is 0 Å². The largest absolute Gasteiger partial charge is 0.497 e. The van der Waals surface area contributed by atoms with E-state index in [1.54, 1.807) is 24.3 Å². The van der Waals surface area contributed by atoms with Crippen molar-refractivity contribution in [1.29, 1.82) is 0 Å². The molecular formula is C20H22N2O5. The van der Waals surface area contributed by atoms with Crippen LogP contribution in [0.4, 0.5) is 0 Å². The number of carbonyl (C=O) groups excluding carboxylic acids is 2. The van der Waals surface area contributed by atoms with Gasteiger partial charge in [0.1, 0.15) is 11.8 Å². The fourth-order valence-electron chi connectivity index (χ4n) is 2.48. The number of amides is 2. The Bertz CT molecular complexity index is 807. The Labute approximate surface area is 157 Å². The third kappa shape index (κ3) is 5.57. The van der Waals surface area contributed by atoms with Crippen molar-refractivity contribution in [1.82, 2.24) is 10.2 Å². The summed E-state index contributed by atoms with van der Waals surface area (Å²) < 4.78 is 5.07. The molecule has 0 aromatic heterocycles. The van der Waals surface area contributed by atoms with Crippen LogP contribution >= 0.6 is 0 Å². The van der Waals surface area contributed by atoms with Gasteiger partial charge in [0, 0.05) is 12.1 Å². The quantitative estimate of drug-likeness (QED) is 0.740. The summed E-state index contributed by atoms with van der Waals surface area (Å²) in [5.41, 5.74) is 1.15. The third-order valence-corrected chi connectivity index (χ3v) is 4.07. The fraction of sp³-hybridized carbons (Fsp3) is 0.250. The predicted molar refractivity (Wildman–Crippen MR) is 99.4 cm³/mol. The van der Waals surface area contributed by atoms with Gasteiger partial charge in [-0.3, -0.25) is 9.59 Å². The van der Waals surface area contributed by atoms with Crippen LogP contribution in [0.3, 0.4) is 0 Å². The molecule has 2 aromatic rings. The average Bonchev–Trinajstić information content (AvgIpc) is 2.70. The minimum atomic E-state index is -1.11. The maximum absolute atomic E-state index is 12.6. The number of methoxy groups -OCH3 is 1. The minimum Gasteiger partial charge on any atom is -0.497 e. The molecule has 2 aromatic carbocycles. The van der Waals surface area contributed by atoms with Gasteiger partial charge in [-0.1, -0.05) is 36.4 Å². The van der Waals surface area contributed by atoms with Gasteiger partial charge in [-0.05, 0) is 30.7 Å². The second kappa shape index (κ2) is 9.38. The molecule has 0 aliphatic heterocycles. The normalized spacial score (nSPS) is 11.3. The van der Waals surface area contributed by atoms with E-state index in [1.807, 2.05) is 30.3 Å². The Morgan fingerprint density at radius 2 is 1.81 bits per heavy atom. The minimum absolute atomic E-state index is 0.141. The van der Waals surface area contributed by atoms with Gasteiger partial charge in [0.25, 0.3) is 5.91 Å². The lowest BCUT2D eigenvalue weighted by molar-refractivity contribution is -0.149. The lowest BCUT2D eigenvalue weighted by Crippen LogP contribution is -2.47. The third-order valence-electron chi connectivity index (χ3n) is 4.07. The molecule has 7 nitrogen and oxygen atoms in total. The predicted octanol–water partition coefficient (Wildman–Crippen LogP) is 1.93. The number of carboxylic acid groups (broad SMARTS) is 1. The summed E-state index contributed by atoms with van der Waals surface area (Å²) in [5, 5.41) is 11.8. The van der Waals surface area contributed by atoms with Crippen LogP contribution in [-0.4, -0.2) is 47.5 Å². The summed E-state index contributed by atoms with van der Waals surface area (Å²) in [6.07, 6.45) is 0. The number of nitrogens with one attached hydrogen (secondary N) is 1. The number of nitrogens with zero attached hydrogens (tertiary/aromatic N) is 1. The second-order valence-electron chi connectivity index (χ2n) is 5.94. The number of rotatable bonds is 8. The summed E-state index contributed by atoms with van der Waals surface area (Å²) >= 11 is 0. The van der Waals surface area contributed by atoms with Crippen LogP contribution in [0.25, 0.3) is 0 Å². The van der Waals surface area contributed by atoms with Gasteiger partial charge in [0.15, 0.2) is 0 Å². The number of carboxylic acids is 1. The number of hydrogen-bond donors (Lipinski definition) is 2. The first kappa shape index (κ1) is 20.0. The molecular weight excluding hydrogens is 348 g/mol.